The van der Waals surface area contributed by atoms with Gasteiger partial charge in [0.15, 0.2) is 0 Å². The number of nitrogens with zero attached hydrogens (tertiary/aromatic N) is 3. The molecule has 0 radical (unpaired) electrons. The van der Waals surface area contributed by atoms with Crippen LogP contribution in [0.15, 0.2) is 36.4 Å². The number of pyridine rings is 1. The maximum absolute atomic E-state index is 5.75. The first-order valence-electron chi connectivity index (χ1n) is 7.54. The van der Waals surface area contributed by atoms with Crippen LogP contribution in [0.1, 0.15) is 5.56 Å². The van der Waals surface area contributed by atoms with Gasteiger partial charge in [-0.3, -0.25) is 0 Å². The van der Waals surface area contributed by atoms with Crippen molar-refractivity contribution in [3.05, 3.63) is 42.0 Å². The third kappa shape index (κ3) is 3.08. The summed E-state index contributed by atoms with van der Waals surface area (Å²) in [7, 11) is 1.66. The molecule has 1 fully saturated rings. The number of hydrogen-bond acceptors (Lipinski definition) is 5. The fourth-order valence-corrected chi connectivity index (χ4v) is 2.76. The van der Waals surface area contributed by atoms with Crippen molar-refractivity contribution in [3.63, 3.8) is 0 Å². The van der Waals surface area contributed by atoms with Crippen LogP contribution in [0.5, 0.6) is 5.88 Å². The number of aryl methyl sites for hydroxylation is 1. The average molecular weight is 298 g/mol. The zero-order valence-corrected chi connectivity index (χ0v) is 13.1. The highest BCUT2D eigenvalue weighted by Crippen LogP contribution is 2.23. The van der Waals surface area contributed by atoms with Gasteiger partial charge in [0.2, 0.25) is 5.88 Å². The van der Waals surface area contributed by atoms with Gasteiger partial charge in [-0.15, -0.1) is 0 Å². The Morgan fingerprint density at radius 1 is 1.00 bits per heavy atom. The molecule has 1 aromatic heterocycles. The minimum absolute atomic E-state index is 0.677. The standard InChI is InChI=1S/C17H22N4O/c1-13-11-16(19-17(12-13)22-2)21-9-7-20(8-10-21)15-5-3-14(18)4-6-15/h3-6,11-12H,7-10,18H2,1-2H3. The van der Waals surface area contributed by atoms with Crippen molar-refractivity contribution in [1.82, 2.24) is 4.98 Å². The van der Waals surface area contributed by atoms with Crippen molar-refractivity contribution in [2.24, 2.45) is 0 Å². The predicted octanol–water partition coefficient (Wildman–Crippen LogP) is 2.31. The van der Waals surface area contributed by atoms with E-state index in [-0.39, 0.29) is 0 Å². The Morgan fingerprint density at radius 2 is 1.64 bits per heavy atom. The van der Waals surface area contributed by atoms with Gasteiger partial charge in [0.05, 0.1) is 7.11 Å². The van der Waals surface area contributed by atoms with Gasteiger partial charge in [0.1, 0.15) is 5.82 Å². The molecule has 0 saturated carbocycles. The van der Waals surface area contributed by atoms with E-state index in [0.29, 0.717) is 5.88 Å². The van der Waals surface area contributed by atoms with Crippen LogP contribution in [0.2, 0.25) is 0 Å². The third-order valence-electron chi connectivity index (χ3n) is 4.00. The van der Waals surface area contributed by atoms with E-state index in [1.807, 2.05) is 18.2 Å². The summed E-state index contributed by atoms with van der Waals surface area (Å²) in [6, 6.07) is 12.1. The molecule has 0 bridgehead atoms. The van der Waals surface area contributed by atoms with Crippen molar-refractivity contribution in [3.8, 4) is 5.88 Å². The van der Waals surface area contributed by atoms with Gasteiger partial charge >= 0.3 is 0 Å². The maximum Gasteiger partial charge on any atom is 0.215 e. The molecule has 0 amide bonds. The number of aromatic nitrogens is 1. The molecular weight excluding hydrogens is 276 g/mol. The Balaban J connectivity index is 1.69. The summed E-state index contributed by atoms with van der Waals surface area (Å²) in [5.41, 5.74) is 8.95. The van der Waals surface area contributed by atoms with Crippen molar-refractivity contribution in [2.45, 2.75) is 6.92 Å². The second kappa shape index (κ2) is 6.13. The normalized spacial score (nSPS) is 15.0. The highest BCUT2D eigenvalue weighted by atomic mass is 16.5. The Bertz CT molecular complexity index is 634. The highest BCUT2D eigenvalue weighted by molar-refractivity contribution is 5.54. The fourth-order valence-electron chi connectivity index (χ4n) is 2.76. The van der Waals surface area contributed by atoms with E-state index in [9.17, 15) is 0 Å². The number of benzene rings is 1. The molecule has 0 spiro atoms. The Morgan fingerprint density at radius 3 is 2.27 bits per heavy atom. The molecule has 1 saturated heterocycles. The van der Waals surface area contributed by atoms with E-state index in [1.54, 1.807) is 7.11 Å². The third-order valence-corrected chi connectivity index (χ3v) is 4.00. The van der Waals surface area contributed by atoms with E-state index >= 15 is 0 Å². The number of nitrogen functional groups attached to an aromatic ring is 1. The Hall–Kier alpha value is -2.43. The second-order valence-corrected chi connectivity index (χ2v) is 5.61. The molecule has 2 heterocycles. The van der Waals surface area contributed by atoms with E-state index < -0.39 is 0 Å². The van der Waals surface area contributed by atoms with Crippen molar-refractivity contribution in [2.75, 3.05) is 48.8 Å². The molecule has 116 valence electrons. The molecule has 0 atom stereocenters. The average Bonchev–Trinajstić information content (AvgIpc) is 2.55. The van der Waals surface area contributed by atoms with Gasteiger partial charge in [0.25, 0.3) is 0 Å². The smallest absolute Gasteiger partial charge is 0.215 e. The van der Waals surface area contributed by atoms with Gasteiger partial charge in [0, 0.05) is 43.6 Å². The number of nitrogens with two attached hydrogens (primary N) is 1. The SMILES string of the molecule is COc1cc(C)cc(N2CCN(c3ccc(N)cc3)CC2)n1. The molecular formula is C17H22N4O. The van der Waals surface area contributed by atoms with Crippen molar-refractivity contribution >= 4 is 17.2 Å². The zero-order valence-electron chi connectivity index (χ0n) is 13.1. The Labute approximate surface area is 131 Å². The lowest BCUT2D eigenvalue weighted by Gasteiger charge is -2.37. The molecule has 1 aliphatic heterocycles. The summed E-state index contributed by atoms with van der Waals surface area (Å²) in [6.45, 7) is 5.91. The molecule has 1 aromatic carbocycles. The van der Waals surface area contributed by atoms with Gasteiger partial charge < -0.3 is 20.3 Å². The largest absolute Gasteiger partial charge is 0.481 e. The van der Waals surface area contributed by atoms with Crippen LogP contribution in [-0.2, 0) is 0 Å². The second-order valence-electron chi connectivity index (χ2n) is 5.61. The minimum atomic E-state index is 0.677. The molecule has 0 unspecified atom stereocenters. The van der Waals surface area contributed by atoms with Gasteiger partial charge in [-0.1, -0.05) is 0 Å². The molecule has 3 rings (SSSR count). The van der Waals surface area contributed by atoms with Crippen LogP contribution in [0.25, 0.3) is 0 Å². The number of hydrogen-bond donors (Lipinski definition) is 1. The number of rotatable bonds is 3. The van der Waals surface area contributed by atoms with Crippen LogP contribution in [0, 0.1) is 6.92 Å². The number of ether oxygens (including phenoxy) is 1. The minimum Gasteiger partial charge on any atom is -0.481 e. The molecule has 5 heteroatoms. The van der Waals surface area contributed by atoms with Crippen LogP contribution in [0.4, 0.5) is 17.2 Å². The molecule has 22 heavy (non-hydrogen) atoms. The van der Waals surface area contributed by atoms with Crippen molar-refractivity contribution in [1.29, 1.82) is 0 Å². The highest BCUT2D eigenvalue weighted by Gasteiger charge is 2.19. The molecule has 2 N–H and O–H groups in total. The molecule has 1 aliphatic rings. The lowest BCUT2D eigenvalue weighted by molar-refractivity contribution is 0.397. The predicted molar refractivity (Wildman–Crippen MR) is 90.8 cm³/mol. The van der Waals surface area contributed by atoms with Gasteiger partial charge in [-0.25, -0.2) is 0 Å². The summed E-state index contributed by atoms with van der Waals surface area (Å²) in [5.74, 6) is 1.67. The summed E-state index contributed by atoms with van der Waals surface area (Å²) in [6.07, 6.45) is 0. The van der Waals surface area contributed by atoms with Crippen LogP contribution in [0.3, 0.4) is 0 Å². The monoisotopic (exact) mass is 298 g/mol. The first kappa shape index (κ1) is 14.5. The molecule has 5 nitrogen and oxygen atoms in total. The van der Waals surface area contributed by atoms with E-state index in [1.165, 1.54) is 11.3 Å². The maximum atomic E-state index is 5.75. The number of piperazine rings is 1. The molecule has 2 aromatic rings. The van der Waals surface area contributed by atoms with Crippen LogP contribution >= 0.6 is 0 Å². The van der Waals surface area contributed by atoms with Gasteiger partial charge in [-0.05, 0) is 42.8 Å². The molecule has 0 aliphatic carbocycles. The van der Waals surface area contributed by atoms with E-state index in [2.05, 4.69) is 39.9 Å². The summed E-state index contributed by atoms with van der Waals surface area (Å²) in [4.78, 5) is 9.24. The zero-order chi connectivity index (χ0) is 15.5. The summed E-state index contributed by atoms with van der Waals surface area (Å²) in [5, 5.41) is 0. The summed E-state index contributed by atoms with van der Waals surface area (Å²) < 4.78 is 5.27. The lowest BCUT2D eigenvalue weighted by Crippen LogP contribution is -2.46. The summed E-state index contributed by atoms with van der Waals surface area (Å²) >= 11 is 0. The van der Waals surface area contributed by atoms with E-state index in [0.717, 1.165) is 37.7 Å². The van der Waals surface area contributed by atoms with Gasteiger partial charge in [-0.2, -0.15) is 4.98 Å². The van der Waals surface area contributed by atoms with E-state index in [4.69, 9.17) is 10.5 Å². The van der Waals surface area contributed by atoms with Crippen molar-refractivity contribution < 1.29 is 4.74 Å². The fraction of sp³-hybridized carbons (Fsp3) is 0.353. The number of anilines is 3. The van der Waals surface area contributed by atoms with Crippen LogP contribution in [-0.4, -0.2) is 38.3 Å². The lowest BCUT2D eigenvalue weighted by atomic mass is 10.2. The van der Waals surface area contributed by atoms with Crippen LogP contribution < -0.4 is 20.3 Å². The first-order chi connectivity index (χ1) is 10.7. The Kier molecular flexibility index (Phi) is 4.04. The number of methoxy groups -OCH3 is 1. The topological polar surface area (TPSA) is 54.6 Å². The quantitative estimate of drug-likeness (QED) is 0.881. The first-order valence-corrected chi connectivity index (χ1v) is 7.54.